The molecule has 2 aliphatic rings. The number of carbonyl (C=O) groups excluding carboxylic acids is 2. The number of urea groups is 1. The summed E-state index contributed by atoms with van der Waals surface area (Å²) in [6.07, 6.45) is 8.49. The molecule has 7 nitrogen and oxygen atoms in total. The lowest BCUT2D eigenvalue weighted by molar-refractivity contribution is -0.135. The number of primary amides is 1. The molecular formula is C23H33N5O2. The second-order valence-corrected chi connectivity index (χ2v) is 8.66. The van der Waals surface area contributed by atoms with Gasteiger partial charge in [0.15, 0.2) is 6.19 Å². The predicted octanol–water partition coefficient (Wildman–Crippen LogP) is 2.78. The molecule has 0 aromatic heterocycles. The Morgan fingerprint density at radius 2 is 1.90 bits per heavy atom. The van der Waals surface area contributed by atoms with Crippen molar-refractivity contribution in [3.63, 3.8) is 0 Å². The number of rotatable bonds is 6. The summed E-state index contributed by atoms with van der Waals surface area (Å²) in [6.45, 7) is 2.56. The Balaban J connectivity index is 1.82. The Kier molecular flexibility index (Phi) is 7.69. The molecule has 3 amide bonds. The molecule has 30 heavy (non-hydrogen) atoms. The predicted molar refractivity (Wildman–Crippen MR) is 115 cm³/mol. The van der Waals surface area contributed by atoms with E-state index in [4.69, 9.17) is 5.73 Å². The minimum atomic E-state index is -0.486. The Morgan fingerprint density at radius 1 is 1.20 bits per heavy atom. The zero-order valence-corrected chi connectivity index (χ0v) is 17.9. The average Bonchev–Trinajstić information content (AvgIpc) is 2.77. The van der Waals surface area contributed by atoms with Crippen molar-refractivity contribution in [3.05, 3.63) is 35.9 Å². The molecule has 1 saturated heterocycles. The highest BCUT2D eigenvalue weighted by atomic mass is 16.2. The van der Waals surface area contributed by atoms with Gasteiger partial charge in [0.05, 0.1) is 12.0 Å². The molecule has 0 radical (unpaired) electrons. The van der Waals surface area contributed by atoms with E-state index in [1.54, 1.807) is 4.90 Å². The van der Waals surface area contributed by atoms with Crippen molar-refractivity contribution in [2.75, 3.05) is 26.7 Å². The summed E-state index contributed by atoms with van der Waals surface area (Å²) >= 11 is 0. The van der Waals surface area contributed by atoms with E-state index < -0.39 is 11.9 Å². The van der Waals surface area contributed by atoms with Gasteiger partial charge in [-0.05, 0) is 17.9 Å². The Morgan fingerprint density at radius 3 is 2.53 bits per heavy atom. The first-order valence-electron chi connectivity index (χ1n) is 11.0. The number of benzene rings is 1. The lowest BCUT2D eigenvalue weighted by Gasteiger charge is -2.44. The second kappa shape index (κ2) is 10.4. The van der Waals surface area contributed by atoms with Gasteiger partial charge < -0.3 is 10.6 Å². The number of nitrogens with two attached hydrogens (primary N) is 1. The van der Waals surface area contributed by atoms with Gasteiger partial charge in [-0.25, -0.2) is 4.79 Å². The normalized spacial score (nSPS) is 21.6. The first kappa shape index (κ1) is 22.1. The fourth-order valence-corrected chi connectivity index (χ4v) is 4.98. The molecule has 0 bridgehead atoms. The molecule has 1 aromatic carbocycles. The van der Waals surface area contributed by atoms with E-state index in [-0.39, 0.29) is 11.9 Å². The van der Waals surface area contributed by atoms with Crippen LogP contribution in [-0.4, -0.2) is 59.4 Å². The summed E-state index contributed by atoms with van der Waals surface area (Å²) < 4.78 is 0. The zero-order chi connectivity index (χ0) is 21.5. The summed E-state index contributed by atoms with van der Waals surface area (Å²) in [5, 5.41) is 9.32. The van der Waals surface area contributed by atoms with Crippen LogP contribution in [0.1, 0.15) is 44.1 Å². The number of nitrogens with zero attached hydrogens (tertiary/aromatic N) is 4. The van der Waals surface area contributed by atoms with Crippen LogP contribution in [0.4, 0.5) is 4.79 Å². The van der Waals surface area contributed by atoms with Crippen LogP contribution in [0.5, 0.6) is 0 Å². The SMILES string of the molecule is CN(C#N)C(=O)[C@@H](CC1CCCCC1)C1CN(Cc2ccccc2)CCN1C(N)=O. The Bertz CT molecular complexity index is 757. The summed E-state index contributed by atoms with van der Waals surface area (Å²) in [5.74, 6) is -0.163. The maximum absolute atomic E-state index is 13.2. The number of amides is 3. The summed E-state index contributed by atoms with van der Waals surface area (Å²) in [6, 6.07) is 9.40. The molecule has 1 aliphatic heterocycles. The van der Waals surface area contributed by atoms with E-state index in [0.29, 0.717) is 32.0 Å². The van der Waals surface area contributed by atoms with Crippen LogP contribution >= 0.6 is 0 Å². The first-order valence-corrected chi connectivity index (χ1v) is 11.0. The van der Waals surface area contributed by atoms with E-state index in [9.17, 15) is 14.9 Å². The lowest BCUT2D eigenvalue weighted by atomic mass is 9.79. The highest BCUT2D eigenvalue weighted by Crippen LogP contribution is 2.33. The van der Waals surface area contributed by atoms with Gasteiger partial charge in [0.2, 0.25) is 5.91 Å². The van der Waals surface area contributed by atoms with Crippen LogP contribution in [0.2, 0.25) is 0 Å². The minimum Gasteiger partial charge on any atom is -0.351 e. The lowest BCUT2D eigenvalue weighted by Crippen LogP contribution is -2.61. The van der Waals surface area contributed by atoms with Gasteiger partial charge in [0.1, 0.15) is 0 Å². The Labute approximate surface area is 179 Å². The van der Waals surface area contributed by atoms with Crippen LogP contribution < -0.4 is 5.73 Å². The molecule has 2 atom stereocenters. The molecule has 162 valence electrons. The van der Waals surface area contributed by atoms with Crippen LogP contribution in [0.15, 0.2) is 30.3 Å². The largest absolute Gasteiger partial charge is 0.351 e. The molecular weight excluding hydrogens is 378 g/mol. The number of carbonyl (C=O) groups is 2. The number of hydrogen-bond donors (Lipinski definition) is 1. The zero-order valence-electron chi connectivity index (χ0n) is 17.9. The highest BCUT2D eigenvalue weighted by Gasteiger charge is 2.41. The van der Waals surface area contributed by atoms with Gasteiger partial charge in [-0.1, -0.05) is 62.4 Å². The first-order chi connectivity index (χ1) is 14.5. The maximum atomic E-state index is 13.2. The van der Waals surface area contributed by atoms with E-state index in [0.717, 1.165) is 24.3 Å². The quantitative estimate of drug-likeness (QED) is 0.575. The molecule has 2 fully saturated rings. The van der Waals surface area contributed by atoms with Gasteiger partial charge in [0.25, 0.3) is 0 Å². The van der Waals surface area contributed by atoms with Crippen molar-refractivity contribution < 1.29 is 9.59 Å². The molecule has 1 aliphatic carbocycles. The van der Waals surface area contributed by atoms with Crippen molar-refractivity contribution in [2.45, 2.75) is 51.1 Å². The highest BCUT2D eigenvalue weighted by molar-refractivity contribution is 5.82. The van der Waals surface area contributed by atoms with Crippen molar-refractivity contribution in [3.8, 4) is 6.19 Å². The molecule has 1 unspecified atom stereocenters. The molecule has 2 N–H and O–H groups in total. The van der Waals surface area contributed by atoms with Gasteiger partial charge >= 0.3 is 6.03 Å². The summed E-state index contributed by atoms with van der Waals surface area (Å²) in [4.78, 5) is 30.5. The van der Waals surface area contributed by atoms with E-state index in [1.807, 2.05) is 24.4 Å². The van der Waals surface area contributed by atoms with Gasteiger partial charge in [-0.2, -0.15) is 5.26 Å². The van der Waals surface area contributed by atoms with E-state index in [1.165, 1.54) is 31.9 Å². The second-order valence-electron chi connectivity index (χ2n) is 8.66. The van der Waals surface area contributed by atoms with Crippen molar-refractivity contribution in [1.82, 2.24) is 14.7 Å². The molecule has 7 heteroatoms. The summed E-state index contributed by atoms with van der Waals surface area (Å²) in [7, 11) is 1.51. The standard InChI is InChI=1S/C23H33N5O2/c1-26(17-24)22(29)20(14-18-8-4-2-5-9-18)21-16-27(12-13-28(21)23(25)30)15-19-10-6-3-7-11-19/h3,6-7,10-11,18,20-21H,2,4-5,8-9,12-16H2,1H3,(H2,25,30)/t20-,21?/m0/s1. The van der Waals surface area contributed by atoms with E-state index >= 15 is 0 Å². The minimum absolute atomic E-state index is 0.208. The molecule has 0 spiro atoms. The number of nitriles is 1. The van der Waals surface area contributed by atoms with Crippen molar-refractivity contribution >= 4 is 11.9 Å². The van der Waals surface area contributed by atoms with Crippen LogP contribution in [-0.2, 0) is 11.3 Å². The van der Waals surface area contributed by atoms with E-state index in [2.05, 4.69) is 17.0 Å². The molecule has 1 aromatic rings. The van der Waals surface area contributed by atoms with Crippen LogP contribution in [0, 0.1) is 23.3 Å². The van der Waals surface area contributed by atoms with Crippen molar-refractivity contribution in [1.29, 1.82) is 5.26 Å². The molecule has 3 rings (SSSR count). The molecule has 1 saturated carbocycles. The summed E-state index contributed by atoms with van der Waals surface area (Å²) in [5.41, 5.74) is 6.92. The molecule has 1 heterocycles. The van der Waals surface area contributed by atoms with Gasteiger partial charge in [-0.15, -0.1) is 0 Å². The average molecular weight is 412 g/mol. The van der Waals surface area contributed by atoms with Crippen LogP contribution in [0.3, 0.4) is 0 Å². The fourth-order valence-electron chi connectivity index (χ4n) is 4.98. The van der Waals surface area contributed by atoms with Gasteiger partial charge in [0, 0.05) is 33.2 Å². The maximum Gasteiger partial charge on any atom is 0.315 e. The Hall–Kier alpha value is -2.59. The fraction of sp³-hybridized carbons (Fsp3) is 0.609. The number of hydrogen-bond acceptors (Lipinski definition) is 4. The third-order valence-corrected chi connectivity index (χ3v) is 6.61. The smallest absolute Gasteiger partial charge is 0.315 e. The topological polar surface area (TPSA) is 93.7 Å². The van der Waals surface area contributed by atoms with Crippen molar-refractivity contribution in [2.24, 2.45) is 17.6 Å². The monoisotopic (exact) mass is 411 g/mol. The third kappa shape index (κ3) is 5.51. The van der Waals surface area contributed by atoms with Crippen LogP contribution in [0.25, 0.3) is 0 Å². The number of piperazine rings is 1. The van der Waals surface area contributed by atoms with Gasteiger partial charge in [-0.3, -0.25) is 14.6 Å². The third-order valence-electron chi connectivity index (χ3n) is 6.61.